The van der Waals surface area contributed by atoms with Crippen LogP contribution in [-0.2, 0) is 4.79 Å². The van der Waals surface area contributed by atoms with Gasteiger partial charge < -0.3 is 14.8 Å². The summed E-state index contributed by atoms with van der Waals surface area (Å²) in [5.41, 5.74) is 1.15. The summed E-state index contributed by atoms with van der Waals surface area (Å²) >= 11 is 5.30. The van der Waals surface area contributed by atoms with E-state index in [9.17, 15) is 4.79 Å². The van der Waals surface area contributed by atoms with Crippen molar-refractivity contribution in [2.45, 2.75) is 38.6 Å². The number of nitrogens with one attached hydrogen (secondary N) is 1. The number of hydrogen-bond acceptors (Lipinski definition) is 4. The third-order valence-electron chi connectivity index (χ3n) is 5.14. The molecular formula is C18H22N2O3S. The largest absolute Gasteiger partial charge is 0.493 e. The lowest BCUT2D eigenvalue weighted by Crippen LogP contribution is -2.54. The van der Waals surface area contributed by atoms with Crippen LogP contribution in [0.4, 0.5) is 0 Å². The molecule has 1 heterocycles. The monoisotopic (exact) mass is 346 g/mol. The Hall–Kier alpha value is -1.95. The Morgan fingerprint density at radius 1 is 1.25 bits per heavy atom. The third-order valence-corrected chi connectivity index (χ3v) is 5.35. The molecule has 1 aromatic rings. The number of carbonyl (C=O) groups excluding carboxylic acids is 1. The molecule has 24 heavy (non-hydrogen) atoms. The highest BCUT2D eigenvalue weighted by Gasteiger charge is 2.51. The van der Waals surface area contributed by atoms with E-state index in [4.69, 9.17) is 21.7 Å². The summed E-state index contributed by atoms with van der Waals surface area (Å²) < 4.78 is 10.7. The second kappa shape index (κ2) is 6.51. The maximum Gasteiger partial charge on any atom is 0.193 e. The Kier molecular flexibility index (Phi) is 4.58. The van der Waals surface area contributed by atoms with E-state index in [1.165, 1.54) is 0 Å². The van der Waals surface area contributed by atoms with Crippen LogP contribution in [0.5, 0.6) is 11.5 Å². The fourth-order valence-electron chi connectivity index (χ4n) is 3.88. The van der Waals surface area contributed by atoms with Gasteiger partial charge >= 0.3 is 0 Å². The molecule has 1 fully saturated rings. The second-order valence-corrected chi connectivity index (χ2v) is 6.68. The summed E-state index contributed by atoms with van der Waals surface area (Å²) in [4.78, 5) is 17.4. The van der Waals surface area contributed by atoms with Gasteiger partial charge in [0.1, 0.15) is 5.78 Å². The van der Waals surface area contributed by atoms with Crippen molar-refractivity contribution in [3.8, 4) is 11.5 Å². The number of ether oxygens (including phenoxy) is 2. The molecule has 1 aromatic carbocycles. The first-order chi connectivity index (χ1) is 11.5. The Balaban J connectivity index is 2.12. The molecule has 1 aliphatic carbocycles. The molecule has 128 valence electrons. The SMILES string of the molecule is COc1ccc(C2NC(=S)N=C(C)C23CCCCC3=O)cc1OC. The molecule has 0 aromatic heterocycles. The lowest BCUT2D eigenvalue weighted by Gasteiger charge is -2.45. The van der Waals surface area contributed by atoms with Gasteiger partial charge in [0.25, 0.3) is 0 Å². The number of Topliss-reactive ketones (excluding diaryl/α,β-unsaturated/α-hetero) is 1. The van der Waals surface area contributed by atoms with Crippen LogP contribution in [0.15, 0.2) is 23.2 Å². The molecule has 2 aliphatic rings. The highest BCUT2D eigenvalue weighted by atomic mass is 32.1. The average Bonchev–Trinajstić information content (AvgIpc) is 2.59. The van der Waals surface area contributed by atoms with Crippen molar-refractivity contribution in [2.75, 3.05) is 14.2 Å². The number of benzene rings is 1. The predicted octanol–water partition coefficient (Wildman–Crippen LogP) is 3.22. The van der Waals surface area contributed by atoms with E-state index in [2.05, 4.69) is 10.3 Å². The first-order valence-electron chi connectivity index (χ1n) is 8.14. The minimum Gasteiger partial charge on any atom is -0.493 e. The van der Waals surface area contributed by atoms with Crippen molar-refractivity contribution in [2.24, 2.45) is 10.4 Å². The zero-order valence-corrected chi connectivity index (χ0v) is 15.0. The van der Waals surface area contributed by atoms with Crippen molar-refractivity contribution < 1.29 is 14.3 Å². The van der Waals surface area contributed by atoms with Gasteiger partial charge in [-0.05, 0) is 49.7 Å². The second-order valence-electron chi connectivity index (χ2n) is 6.30. The topological polar surface area (TPSA) is 59.9 Å². The minimum atomic E-state index is -0.625. The molecule has 1 saturated carbocycles. The molecule has 0 radical (unpaired) electrons. The first kappa shape index (κ1) is 16.9. The van der Waals surface area contributed by atoms with E-state index in [0.717, 1.165) is 30.5 Å². The number of hydrogen-bond donors (Lipinski definition) is 1. The Morgan fingerprint density at radius 3 is 2.67 bits per heavy atom. The number of nitrogens with zero attached hydrogens (tertiary/aromatic N) is 1. The summed E-state index contributed by atoms with van der Waals surface area (Å²) in [5.74, 6) is 1.54. The van der Waals surface area contributed by atoms with Gasteiger partial charge in [-0.1, -0.05) is 12.5 Å². The number of rotatable bonds is 3. The Labute approximate surface area is 147 Å². The first-order valence-corrected chi connectivity index (χ1v) is 8.55. The predicted molar refractivity (Wildman–Crippen MR) is 97.0 cm³/mol. The van der Waals surface area contributed by atoms with E-state index in [-0.39, 0.29) is 11.8 Å². The molecule has 1 spiro atoms. The van der Waals surface area contributed by atoms with Crippen LogP contribution in [0.25, 0.3) is 0 Å². The molecule has 3 rings (SSSR count). The summed E-state index contributed by atoms with van der Waals surface area (Å²) in [6.45, 7) is 1.92. The minimum absolute atomic E-state index is 0.227. The van der Waals surface area contributed by atoms with Gasteiger partial charge in [-0.15, -0.1) is 0 Å². The number of methoxy groups -OCH3 is 2. The van der Waals surface area contributed by atoms with Crippen LogP contribution in [0.2, 0.25) is 0 Å². The van der Waals surface area contributed by atoms with E-state index in [1.807, 2.05) is 25.1 Å². The van der Waals surface area contributed by atoms with E-state index in [0.29, 0.717) is 23.0 Å². The number of aliphatic imine (C=N–C) groups is 1. The Bertz CT molecular complexity index is 716. The molecule has 1 aliphatic heterocycles. The standard InChI is InChI=1S/C18H22N2O3S/c1-11-18(9-5-4-6-15(18)21)16(20-17(24)19-11)12-7-8-13(22-2)14(10-12)23-3/h7-8,10,16H,4-6,9H2,1-3H3,(H,20,24). The van der Waals surface area contributed by atoms with Crippen molar-refractivity contribution in [1.82, 2.24) is 5.32 Å². The molecule has 2 atom stereocenters. The normalized spacial score (nSPS) is 26.8. The molecule has 0 bridgehead atoms. The summed E-state index contributed by atoms with van der Waals surface area (Å²) in [6.07, 6.45) is 3.33. The quantitative estimate of drug-likeness (QED) is 0.852. The zero-order chi connectivity index (χ0) is 17.3. The van der Waals surface area contributed by atoms with Gasteiger partial charge in [0.15, 0.2) is 16.6 Å². The number of ketones is 1. The van der Waals surface area contributed by atoms with Crippen LogP contribution in [0.3, 0.4) is 0 Å². The molecular weight excluding hydrogens is 324 g/mol. The molecule has 1 N–H and O–H groups in total. The lowest BCUT2D eigenvalue weighted by atomic mass is 9.63. The van der Waals surface area contributed by atoms with Crippen LogP contribution in [0.1, 0.15) is 44.2 Å². The highest BCUT2D eigenvalue weighted by Crippen LogP contribution is 2.47. The van der Waals surface area contributed by atoms with Crippen LogP contribution >= 0.6 is 12.2 Å². The fourth-order valence-corrected chi connectivity index (χ4v) is 4.13. The molecule has 2 unspecified atom stereocenters. The van der Waals surface area contributed by atoms with E-state index >= 15 is 0 Å². The van der Waals surface area contributed by atoms with Crippen molar-refractivity contribution in [3.05, 3.63) is 23.8 Å². The Morgan fingerprint density at radius 2 is 2.00 bits per heavy atom. The van der Waals surface area contributed by atoms with Crippen molar-refractivity contribution in [1.29, 1.82) is 0 Å². The van der Waals surface area contributed by atoms with Crippen LogP contribution in [-0.4, -0.2) is 30.8 Å². The van der Waals surface area contributed by atoms with E-state index in [1.54, 1.807) is 14.2 Å². The maximum atomic E-state index is 12.9. The summed E-state index contributed by atoms with van der Waals surface area (Å²) in [5, 5.41) is 3.70. The number of thiocarbonyl (C=S) groups is 1. The lowest BCUT2D eigenvalue weighted by molar-refractivity contribution is -0.128. The molecule has 0 amide bonds. The van der Waals surface area contributed by atoms with Gasteiger partial charge in [0.2, 0.25) is 0 Å². The van der Waals surface area contributed by atoms with Gasteiger partial charge in [-0.2, -0.15) is 0 Å². The average molecular weight is 346 g/mol. The highest BCUT2D eigenvalue weighted by molar-refractivity contribution is 7.80. The third kappa shape index (κ3) is 2.59. The molecule has 5 nitrogen and oxygen atoms in total. The van der Waals surface area contributed by atoms with Crippen molar-refractivity contribution >= 4 is 28.8 Å². The fraction of sp³-hybridized carbons (Fsp3) is 0.500. The molecule has 6 heteroatoms. The van der Waals surface area contributed by atoms with Crippen molar-refractivity contribution in [3.63, 3.8) is 0 Å². The van der Waals surface area contributed by atoms with Crippen LogP contribution in [0, 0.1) is 5.41 Å². The van der Waals surface area contributed by atoms with Gasteiger partial charge in [-0.3, -0.25) is 4.79 Å². The number of carbonyl (C=O) groups is 1. The van der Waals surface area contributed by atoms with Crippen LogP contribution < -0.4 is 14.8 Å². The summed E-state index contributed by atoms with van der Waals surface area (Å²) in [6, 6.07) is 5.52. The van der Waals surface area contributed by atoms with Gasteiger partial charge in [-0.25, -0.2) is 4.99 Å². The van der Waals surface area contributed by atoms with Gasteiger partial charge in [0.05, 0.1) is 25.7 Å². The molecule has 0 saturated heterocycles. The maximum absolute atomic E-state index is 12.9. The summed E-state index contributed by atoms with van der Waals surface area (Å²) in [7, 11) is 3.21. The smallest absolute Gasteiger partial charge is 0.193 e. The van der Waals surface area contributed by atoms with E-state index < -0.39 is 5.41 Å². The van der Waals surface area contributed by atoms with Gasteiger partial charge in [0, 0.05) is 12.1 Å². The zero-order valence-electron chi connectivity index (χ0n) is 14.2.